The number of benzene rings is 1. The van der Waals surface area contributed by atoms with Crippen molar-refractivity contribution < 1.29 is 26.7 Å². The summed E-state index contributed by atoms with van der Waals surface area (Å²) >= 11 is 0. The highest BCUT2D eigenvalue weighted by Crippen LogP contribution is 2.57. The van der Waals surface area contributed by atoms with Gasteiger partial charge < -0.3 is 10.5 Å². The summed E-state index contributed by atoms with van der Waals surface area (Å²) in [5.41, 5.74) is 3.74. The van der Waals surface area contributed by atoms with Crippen LogP contribution in [0.4, 0.5) is 22.0 Å². The average molecular weight is 253 g/mol. The zero-order valence-corrected chi connectivity index (χ0v) is 8.39. The Kier molecular flexibility index (Phi) is 2.36. The lowest BCUT2D eigenvalue weighted by atomic mass is 10.1. The van der Waals surface area contributed by atoms with E-state index < -0.39 is 30.0 Å². The standard InChI is InChI=1S/C10H8F5NO/c11-9(12)5-8(9,16)6-1-3-7(4-2-6)17-10(13,14)15/h1-4H,5,16H2. The van der Waals surface area contributed by atoms with E-state index in [-0.39, 0.29) is 5.56 Å². The fourth-order valence-corrected chi connectivity index (χ4v) is 1.57. The van der Waals surface area contributed by atoms with Crippen molar-refractivity contribution in [2.75, 3.05) is 0 Å². The first-order chi connectivity index (χ1) is 7.64. The summed E-state index contributed by atoms with van der Waals surface area (Å²) in [6.07, 6.45) is -5.30. The zero-order valence-electron chi connectivity index (χ0n) is 8.39. The van der Waals surface area contributed by atoms with E-state index >= 15 is 0 Å². The third kappa shape index (κ3) is 2.19. The molecule has 1 aromatic rings. The second-order valence-corrected chi connectivity index (χ2v) is 3.92. The first kappa shape index (κ1) is 12.1. The van der Waals surface area contributed by atoms with E-state index in [1.165, 1.54) is 0 Å². The Balaban J connectivity index is 2.15. The Hall–Kier alpha value is -1.37. The normalized spacial score (nSPS) is 26.7. The highest BCUT2D eigenvalue weighted by molar-refractivity contribution is 5.39. The Morgan fingerprint density at radius 1 is 1.12 bits per heavy atom. The van der Waals surface area contributed by atoms with Crippen LogP contribution in [-0.4, -0.2) is 12.3 Å². The van der Waals surface area contributed by atoms with E-state index in [1.807, 2.05) is 0 Å². The summed E-state index contributed by atoms with van der Waals surface area (Å²) in [7, 11) is 0. The van der Waals surface area contributed by atoms with Gasteiger partial charge in [0.1, 0.15) is 11.3 Å². The van der Waals surface area contributed by atoms with Gasteiger partial charge in [-0.3, -0.25) is 0 Å². The summed E-state index contributed by atoms with van der Waals surface area (Å²) < 4.78 is 65.0. The second-order valence-electron chi connectivity index (χ2n) is 3.92. The van der Waals surface area contributed by atoms with Crippen LogP contribution in [0.25, 0.3) is 0 Å². The second kappa shape index (κ2) is 3.32. The van der Waals surface area contributed by atoms with Gasteiger partial charge in [0.15, 0.2) is 0 Å². The van der Waals surface area contributed by atoms with Crippen LogP contribution in [0.5, 0.6) is 5.75 Å². The maximum absolute atomic E-state index is 12.9. The molecule has 0 bridgehead atoms. The molecule has 0 aromatic heterocycles. The summed E-state index contributed by atoms with van der Waals surface area (Å²) in [6, 6.07) is 4.15. The van der Waals surface area contributed by atoms with Gasteiger partial charge in [0.05, 0.1) is 0 Å². The minimum absolute atomic E-state index is 0.0945. The van der Waals surface area contributed by atoms with Crippen LogP contribution >= 0.6 is 0 Å². The van der Waals surface area contributed by atoms with Gasteiger partial charge in [-0.15, -0.1) is 13.2 Å². The third-order valence-electron chi connectivity index (χ3n) is 2.63. The Morgan fingerprint density at radius 2 is 1.59 bits per heavy atom. The van der Waals surface area contributed by atoms with Gasteiger partial charge in [0.25, 0.3) is 5.92 Å². The molecule has 0 spiro atoms. The molecular weight excluding hydrogens is 245 g/mol. The summed E-state index contributed by atoms with van der Waals surface area (Å²) in [5.74, 6) is -3.46. The first-order valence-electron chi connectivity index (χ1n) is 4.67. The van der Waals surface area contributed by atoms with Crippen molar-refractivity contribution in [1.29, 1.82) is 0 Å². The largest absolute Gasteiger partial charge is 0.573 e. The number of nitrogens with two attached hydrogens (primary N) is 1. The van der Waals surface area contributed by atoms with E-state index in [9.17, 15) is 22.0 Å². The SMILES string of the molecule is NC1(c2ccc(OC(F)(F)F)cc2)CC1(F)F. The highest BCUT2D eigenvalue weighted by atomic mass is 19.4. The average Bonchev–Trinajstić information content (AvgIpc) is 2.65. The number of halogens is 5. The van der Waals surface area contributed by atoms with Crippen molar-refractivity contribution in [3.63, 3.8) is 0 Å². The molecule has 1 saturated carbocycles. The van der Waals surface area contributed by atoms with Gasteiger partial charge in [-0.05, 0) is 17.7 Å². The molecule has 1 fully saturated rings. The van der Waals surface area contributed by atoms with E-state index in [4.69, 9.17) is 5.73 Å². The lowest BCUT2D eigenvalue weighted by Gasteiger charge is -2.12. The van der Waals surface area contributed by atoms with Gasteiger partial charge in [-0.25, -0.2) is 8.78 Å². The molecule has 0 radical (unpaired) electrons. The van der Waals surface area contributed by atoms with Gasteiger partial charge in [0.2, 0.25) is 0 Å². The molecule has 1 aliphatic rings. The molecule has 2 rings (SSSR count). The molecule has 2 N–H and O–H groups in total. The van der Waals surface area contributed by atoms with Crippen LogP contribution in [0.1, 0.15) is 12.0 Å². The molecule has 0 saturated heterocycles. The minimum atomic E-state index is -4.80. The number of hydrogen-bond donors (Lipinski definition) is 1. The monoisotopic (exact) mass is 253 g/mol. The summed E-state index contributed by atoms with van der Waals surface area (Å²) in [5, 5.41) is 0. The van der Waals surface area contributed by atoms with Gasteiger partial charge >= 0.3 is 6.36 Å². The molecule has 1 unspecified atom stereocenters. The summed E-state index contributed by atoms with van der Waals surface area (Å²) in [6.45, 7) is 0. The minimum Gasteiger partial charge on any atom is -0.406 e. The van der Waals surface area contributed by atoms with Crippen molar-refractivity contribution in [1.82, 2.24) is 0 Å². The Bertz CT molecular complexity index is 427. The summed E-state index contributed by atoms with van der Waals surface area (Å²) in [4.78, 5) is 0. The molecular formula is C10H8F5NO. The highest BCUT2D eigenvalue weighted by Gasteiger charge is 2.69. The predicted octanol–water partition coefficient (Wildman–Crippen LogP) is 2.78. The predicted molar refractivity (Wildman–Crippen MR) is 48.6 cm³/mol. The van der Waals surface area contributed by atoms with Crippen LogP contribution in [0.3, 0.4) is 0 Å². The number of rotatable bonds is 2. The molecule has 1 aromatic carbocycles. The quantitative estimate of drug-likeness (QED) is 0.822. The van der Waals surface area contributed by atoms with Gasteiger partial charge in [-0.2, -0.15) is 0 Å². The third-order valence-corrected chi connectivity index (χ3v) is 2.63. The molecule has 2 nitrogen and oxygen atoms in total. The Labute approximate surface area is 93.2 Å². The number of hydrogen-bond acceptors (Lipinski definition) is 2. The molecule has 1 atom stereocenters. The lowest BCUT2D eigenvalue weighted by Crippen LogP contribution is -2.27. The molecule has 0 aliphatic heterocycles. The van der Waals surface area contributed by atoms with Crippen LogP contribution in [-0.2, 0) is 5.54 Å². The number of alkyl halides is 5. The topological polar surface area (TPSA) is 35.2 Å². The lowest BCUT2D eigenvalue weighted by molar-refractivity contribution is -0.274. The van der Waals surface area contributed by atoms with Crippen LogP contribution < -0.4 is 10.5 Å². The van der Waals surface area contributed by atoms with Crippen LogP contribution in [0.15, 0.2) is 24.3 Å². The zero-order chi connectivity index (χ0) is 12.9. The van der Waals surface area contributed by atoms with Gasteiger partial charge in [0, 0.05) is 6.42 Å². The smallest absolute Gasteiger partial charge is 0.406 e. The van der Waals surface area contributed by atoms with Crippen molar-refractivity contribution in [2.45, 2.75) is 24.2 Å². The maximum atomic E-state index is 12.9. The maximum Gasteiger partial charge on any atom is 0.573 e. The van der Waals surface area contributed by atoms with Crippen LogP contribution in [0, 0.1) is 0 Å². The van der Waals surface area contributed by atoms with Crippen molar-refractivity contribution in [3.05, 3.63) is 29.8 Å². The van der Waals surface area contributed by atoms with Gasteiger partial charge in [-0.1, -0.05) is 12.1 Å². The molecule has 7 heteroatoms. The van der Waals surface area contributed by atoms with E-state index in [1.54, 1.807) is 0 Å². The van der Waals surface area contributed by atoms with Crippen molar-refractivity contribution in [2.24, 2.45) is 5.73 Å². The van der Waals surface area contributed by atoms with Crippen molar-refractivity contribution in [3.8, 4) is 5.75 Å². The van der Waals surface area contributed by atoms with Crippen molar-refractivity contribution >= 4 is 0 Å². The first-order valence-corrected chi connectivity index (χ1v) is 4.67. The van der Waals surface area contributed by atoms with Crippen LogP contribution in [0.2, 0.25) is 0 Å². The molecule has 1 aliphatic carbocycles. The van der Waals surface area contributed by atoms with E-state index in [0.29, 0.717) is 0 Å². The molecule has 0 heterocycles. The fraction of sp³-hybridized carbons (Fsp3) is 0.400. The molecule has 0 amide bonds. The van der Waals surface area contributed by atoms with E-state index in [2.05, 4.69) is 4.74 Å². The van der Waals surface area contributed by atoms with E-state index in [0.717, 1.165) is 24.3 Å². The number of ether oxygens (including phenoxy) is 1. The molecule has 94 valence electrons. The fourth-order valence-electron chi connectivity index (χ4n) is 1.57. The molecule has 17 heavy (non-hydrogen) atoms. The Morgan fingerprint density at radius 3 is 1.94 bits per heavy atom.